The standard InChI is InChI=1S/C14H8F5N3O3S/c1-25-9(23)4-8-12(24)21-13(26-8)22-20-5-6-2-3-7(14(17,18)19)11(16)10(6)15/h2-5H,1H3,(H,21,22,24)/b8-4+,20-5?. The zero-order valence-electron chi connectivity index (χ0n) is 12.7. The van der Waals surface area contributed by atoms with E-state index < -0.39 is 40.8 Å². The lowest BCUT2D eigenvalue weighted by atomic mass is 10.1. The quantitative estimate of drug-likeness (QED) is 0.282. The van der Waals surface area contributed by atoms with Crippen LogP contribution in [0.5, 0.6) is 0 Å². The van der Waals surface area contributed by atoms with Crippen molar-refractivity contribution in [1.29, 1.82) is 0 Å². The van der Waals surface area contributed by atoms with Crippen LogP contribution in [0.3, 0.4) is 0 Å². The highest BCUT2D eigenvalue weighted by Gasteiger charge is 2.35. The normalized spacial score (nSPS) is 18.0. The van der Waals surface area contributed by atoms with E-state index in [0.717, 1.165) is 24.9 Å². The van der Waals surface area contributed by atoms with Gasteiger partial charge in [-0.3, -0.25) is 10.1 Å². The summed E-state index contributed by atoms with van der Waals surface area (Å²) in [6, 6.07) is 1.06. The third-order valence-corrected chi connectivity index (χ3v) is 3.76. The molecule has 1 aliphatic rings. The summed E-state index contributed by atoms with van der Waals surface area (Å²) in [6.07, 6.45) is -3.44. The summed E-state index contributed by atoms with van der Waals surface area (Å²) in [7, 11) is 1.12. The number of halogens is 5. The molecule has 12 heteroatoms. The Kier molecular flexibility index (Phi) is 5.75. The van der Waals surface area contributed by atoms with Crippen LogP contribution in [0.1, 0.15) is 11.1 Å². The first-order valence-corrected chi connectivity index (χ1v) is 7.40. The molecule has 1 aromatic rings. The van der Waals surface area contributed by atoms with Gasteiger partial charge < -0.3 is 4.74 Å². The van der Waals surface area contributed by atoms with Crippen LogP contribution in [0.4, 0.5) is 22.0 Å². The molecule has 1 amide bonds. The van der Waals surface area contributed by atoms with E-state index in [1.807, 2.05) is 0 Å². The van der Waals surface area contributed by atoms with E-state index in [1.165, 1.54) is 0 Å². The molecule has 6 nitrogen and oxygen atoms in total. The number of nitrogens with one attached hydrogen (secondary N) is 1. The minimum Gasteiger partial charge on any atom is -0.466 e. The Morgan fingerprint density at radius 3 is 2.58 bits per heavy atom. The maximum Gasteiger partial charge on any atom is 0.419 e. The first kappa shape index (κ1) is 19.6. The number of ether oxygens (including phenoxy) is 1. The fourth-order valence-electron chi connectivity index (χ4n) is 1.67. The molecule has 138 valence electrons. The van der Waals surface area contributed by atoms with Crippen LogP contribution in [0.25, 0.3) is 0 Å². The number of hydrogen-bond donors (Lipinski definition) is 1. The Hall–Kier alpha value is -2.76. The molecule has 0 bridgehead atoms. The van der Waals surface area contributed by atoms with E-state index in [4.69, 9.17) is 0 Å². The van der Waals surface area contributed by atoms with Crippen LogP contribution < -0.4 is 5.32 Å². The van der Waals surface area contributed by atoms with Gasteiger partial charge >= 0.3 is 12.1 Å². The molecule has 26 heavy (non-hydrogen) atoms. The average molecular weight is 393 g/mol. The van der Waals surface area contributed by atoms with Crippen molar-refractivity contribution in [3.63, 3.8) is 0 Å². The van der Waals surface area contributed by atoms with Gasteiger partial charge in [0.1, 0.15) is 0 Å². The molecule has 1 saturated heterocycles. The molecule has 0 unspecified atom stereocenters. The van der Waals surface area contributed by atoms with E-state index in [9.17, 15) is 31.5 Å². The first-order valence-electron chi connectivity index (χ1n) is 6.58. The largest absolute Gasteiger partial charge is 0.466 e. The molecular weight excluding hydrogens is 385 g/mol. The van der Waals surface area contributed by atoms with Crippen molar-refractivity contribution in [2.75, 3.05) is 7.11 Å². The van der Waals surface area contributed by atoms with Crippen LogP contribution in [0, 0.1) is 11.6 Å². The van der Waals surface area contributed by atoms with Crippen molar-refractivity contribution >= 4 is 35.0 Å². The van der Waals surface area contributed by atoms with Gasteiger partial charge in [-0.05, 0) is 23.9 Å². The number of alkyl halides is 3. The van der Waals surface area contributed by atoms with Crippen molar-refractivity contribution in [2.24, 2.45) is 10.2 Å². The maximum absolute atomic E-state index is 13.6. The van der Waals surface area contributed by atoms with Gasteiger partial charge in [-0.25, -0.2) is 13.6 Å². The summed E-state index contributed by atoms with van der Waals surface area (Å²) in [5.41, 5.74) is -2.31. The second kappa shape index (κ2) is 7.64. The Bertz CT molecular complexity index is 849. The molecule has 1 aliphatic heterocycles. The van der Waals surface area contributed by atoms with Crippen LogP contribution in [0.2, 0.25) is 0 Å². The molecule has 1 N–H and O–H groups in total. The summed E-state index contributed by atoms with van der Waals surface area (Å²) >= 11 is 0.730. The van der Waals surface area contributed by atoms with Gasteiger partial charge in [-0.15, -0.1) is 5.10 Å². The number of hydrogen-bond acceptors (Lipinski definition) is 6. The molecule has 1 heterocycles. The van der Waals surface area contributed by atoms with Crippen LogP contribution >= 0.6 is 11.8 Å². The van der Waals surface area contributed by atoms with Crippen molar-refractivity contribution < 1.29 is 36.3 Å². The van der Waals surface area contributed by atoms with Gasteiger partial charge in [0.25, 0.3) is 5.91 Å². The van der Waals surface area contributed by atoms with Crippen molar-refractivity contribution in [2.45, 2.75) is 6.18 Å². The van der Waals surface area contributed by atoms with Crippen molar-refractivity contribution in [3.05, 3.63) is 45.9 Å². The summed E-state index contributed by atoms with van der Waals surface area (Å²) in [4.78, 5) is 22.6. The third kappa shape index (κ3) is 4.45. The second-order valence-electron chi connectivity index (χ2n) is 4.57. The molecule has 0 aromatic heterocycles. The monoisotopic (exact) mass is 393 g/mol. The SMILES string of the molecule is COC(=O)/C=C1/S/C(=N\N=Cc2ccc(C(F)(F)F)c(F)c2F)NC1=O. The molecule has 0 aliphatic carbocycles. The minimum atomic E-state index is -5.03. The zero-order valence-corrected chi connectivity index (χ0v) is 13.5. The van der Waals surface area contributed by atoms with E-state index in [0.29, 0.717) is 18.3 Å². The lowest BCUT2D eigenvalue weighted by Gasteiger charge is -2.08. The van der Waals surface area contributed by atoms with Crippen molar-refractivity contribution in [3.8, 4) is 0 Å². The third-order valence-electron chi connectivity index (χ3n) is 2.86. The molecule has 2 rings (SSSR count). The molecule has 1 fully saturated rings. The highest BCUT2D eigenvalue weighted by atomic mass is 32.2. The highest BCUT2D eigenvalue weighted by molar-refractivity contribution is 8.18. The Morgan fingerprint density at radius 2 is 1.96 bits per heavy atom. The lowest BCUT2D eigenvalue weighted by molar-refractivity contribution is -0.140. The minimum absolute atomic E-state index is 0.0300. The number of amides is 1. The number of carbonyl (C=O) groups excluding carboxylic acids is 2. The number of thioether (sulfide) groups is 1. The Balaban J connectivity index is 2.18. The number of amidine groups is 1. The molecule has 1 aromatic carbocycles. The first-order chi connectivity index (χ1) is 12.1. The van der Waals surface area contributed by atoms with Gasteiger partial charge in [0.2, 0.25) is 0 Å². The number of methoxy groups -OCH3 is 1. The highest BCUT2D eigenvalue weighted by Crippen LogP contribution is 2.32. The van der Waals surface area contributed by atoms with Crippen LogP contribution in [-0.2, 0) is 20.5 Å². The topological polar surface area (TPSA) is 80.1 Å². The zero-order chi connectivity index (χ0) is 19.5. The summed E-state index contributed by atoms with van der Waals surface area (Å²) in [5.74, 6) is -5.21. The Labute approximate surface area is 146 Å². The number of benzene rings is 1. The number of esters is 1. The molecule has 0 atom stereocenters. The fourth-order valence-corrected chi connectivity index (χ4v) is 2.41. The summed E-state index contributed by atoms with van der Waals surface area (Å²) in [6.45, 7) is 0. The lowest BCUT2D eigenvalue weighted by Crippen LogP contribution is -2.19. The second-order valence-corrected chi connectivity index (χ2v) is 5.60. The average Bonchev–Trinajstić information content (AvgIpc) is 2.90. The molecular formula is C14H8F5N3O3S. The van der Waals surface area contributed by atoms with E-state index in [-0.39, 0.29) is 10.1 Å². The number of nitrogens with zero attached hydrogens (tertiary/aromatic N) is 2. The predicted molar refractivity (Wildman–Crippen MR) is 82.2 cm³/mol. The predicted octanol–water partition coefficient (Wildman–Crippen LogP) is 2.59. The maximum atomic E-state index is 13.6. The summed E-state index contributed by atoms with van der Waals surface area (Å²) in [5, 5.41) is 9.06. The smallest absolute Gasteiger partial charge is 0.419 e. The molecule has 0 saturated carbocycles. The molecule has 0 radical (unpaired) electrons. The van der Waals surface area contributed by atoms with Crippen molar-refractivity contribution in [1.82, 2.24) is 5.32 Å². The van der Waals surface area contributed by atoms with Gasteiger partial charge in [-0.2, -0.15) is 18.3 Å². The molecule has 0 spiro atoms. The van der Waals surface area contributed by atoms with E-state index in [2.05, 4.69) is 20.3 Å². The van der Waals surface area contributed by atoms with E-state index >= 15 is 0 Å². The number of carbonyl (C=O) groups is 2. The van der Waals surface area contributed by atoms with Crippen LogP contribution in [-0.4, -0.2) is 30.4 Å². The van der Waals surface area contributed by atoms with Gasteiger partial charge in [0.15, 0.2) is 16.8 Å². The van der Waals surface area contributed by atoms with E-state index in [1.54, 1.807) is 0 Å². The van der Waals surface area contributed by atoms with Crippen LogP contribution in [0.15, 0.2) is 33.3 Å². The van der Waals surface area contributed by atoms with Gasteiger partial charge in [-0.1, -0.05) is 0 Å². The van der Waals surface area contributed by atoms with Gasteiger partial charge in [0.05, 0.1) is 23.8 Å². The number of rotatable bonds is 3. The Morgan fingerprint density at radius 1 is 1.27 bits per heavy atom. The van der Waals surface area contributed by atoms with Gasteiger partial charge in [0, 0.05) is 11.6 Å². The summed E-state index contributed by atoms with van der Waals surface area (Å²) < 4.78 is 68.8. The fraction of sp³-hybridized carbons (Fsp3) is 0.143.